The fourth-order valence-corrected chi connectivity index (χ4v) is 3.42. The molecule has 0 saturated heterocycles. The number of carbonyl (C=O) groups excluding carboxylic acids is 1. The van der Waals surface area contributed by atoms with Crippen LogP contribution in [-0.4, -0.2) is 20.3 Å². The Labute approximate surface area is 135 Å². The summed E-state index contributed by atoms with van der Waals surface area (Å²) in [5.41, 5.74) is 1.92. The highest BCUT2D eigenvalue weighted by atomic mass is 32.1. The number of hydrogen-bond acceptors (Lipinski definition) is 3. The van der Waals surface area contributed by atoms with Crippen molar-refractivity contribution in [2.45, 2.75) is 13.5 Å². The molecular weight excluding hydrogens is 315 g/mol. The molecule has 2 aromatic heterocycles. The summed E-state index contributed by atoms with van der Waals surface area (Å²) in [4.78, 5) is 17.1. The number of amides is 1. The average molecular weight is 328 g/mol. The third-order valence-electron chi connectivity index (χ3n) is 3.42. The van der Waals surface area contributed by atoms with Gasteiger partial charge in [0, 0.05) is 12.6 Å². The molecular formula is C16H13FN4OS. The quantitative estimate of drug-likeness (QED) is 0.678. The van der Waals surface area contributed by atoms with E-state index >= 15 is 0 Å². The number of benzene rings is 1. The molecule has 0 N–H and O–H groups in total. The van der Waals surface area contributed by atoms with Crippen LogP contribution in [0.2, 0.25) is 0 Å². The van der Waals surface area contributed by atoms with Gasteiger partial charge in [0.1, 0.15) is 11.5 Å². The molecule has 3 aromatic rings. The van der Waals surface area contributed by atoms with Gasteiger partial charge in [-0.3, -0.25) is 9.48 Å². The van der Waals surface area contributed by atoms with E-state index in [0.29, 0.717) is 15.2 Å². The normalized spacial score (nSPS) is 11.8. The largest absolute Gasteiger partial charge is 0.305 e. The first-order chi connectivity index (χ1) is 11.0. The lowest BCUT2D eigenvalue weighted by Crippen LogP contribution is -2.18. The van der Waals surface area contributed by atoms with Gasteiger partial charge in [0.25, 0.3) is 5.91 Å². The highest BCUT2D eigenvalue weighted by Crippen LogP contribution is 2.18. The number of aryl methyl sites for hydroxylation is 2. The molecule has 2 heterocycles. The molecule has 1 aromatic carbocycles. The van der Waals surface area contributed by atoms with Crippen molar-refractivity contribution in [3.8, 4) is 12.3 Å². The van der Waals surface area contributed by atoms with Crippen LogP contribution in [0.5, 0.6) is 0 Å². The third-order valence-corrected chi connectivity index (χ3v) is 4.46. The number of aromatic nitrogens is 3. The van der Waals surface area contributed by atoms with Crippen LogP contribution in [0.1, 0.15) is 16.1 Å². The number of hydrogen-bond donors (Lipinski definition) is 0. The van der Waals surface area contributed by atoms with Gasteiger partial charge in [-0.25, -0.2) is 4.39 Å². The molecule has 0 aliphatic rings. The van der Waals surface area contributed by atoms with E-state index in [0.717, 1.165) is 11.1 Å². The summed E-state index contributed by atoms with van der Waals surface area (Å²) in [5, 5.41) is 4.04. The molecule has 5 nitrogen and oxygen atoms in total. The fraction of sp³-hybridized carbons (Fsp3) is 0.188. The molecule has 0 radical (unpaired) electrons. The lowest BCUT2D eigenvalue weighted by atomic mass is 10.3. The Hall–Kier alpha value is -2.72. The summed E-state index contributed by atoms with van der Waals surface area (Å²) in [7, 11) is 1.69. The molecule has 0 saturated carbocycles. The second-order valence-corrected chi connectivity index (χ2v) is 6.01. The Morgan fingerprint density at radius 1 is 1.52 bits per heavy atom. The third kappa shape index (κ3) is 2.69. The van der Waals surface area contributed by atoms with E-state index in [2.05, 4.69) is 16.0 Å². The summed E-state index contributed by atoms with van der Waals surface area (Å²) in [6, 6.07) is 4.40. The lowest BCUT2D eigenvalue weighted by Gasteiger charge is -2.00. The maximum Gasteiger partial charge on any atom is 0.298 e. The van der Waals surface area contributed by atoms with E-state index in [1.807, 2.05) is 0 Å². The molecule has 116 valence electrons. The molecule has 0 aliphatic heterocycles. The maximum absolute atomic E-state index is 13.4. The standard InChI is InChI=1S/C16H13FN4OS/c1-4-7-21-12-6-5-11(17)8-13(12)23-16(21)19-15(22)14-10(2)9-18-20(14)3/h1,5-6,8-9H,7H2,2-3H3. The number of carbonyl (C=O) groups is 1. The molecule has 0 bridgehead atoms. The molecule has 3 rings (SSSR count). The summed E-state index contributed by atoms with van der Waals surface area (Å²) in [6.45, 7) is 2.05. The van der Waals surface area contributed by atoms with Crippen molar-refractivity contribution in [1.82, 2.24) is 14.3 Å². The predicted molar refractivity (Wildman–Crippen MR) is 86.4 cm³/mol. The number of rotatable bonds is 2. The van der Waals surface area contributed by atoms with Crippen molar-refractivity contribution in [3.63, 3.8) is 0 Å². The smallest absolute Gasteiger partial charge is 0.298 e. The summed E-state index contributed by atoms with van der Waals surface area (Å²) in [5.74, 6) is 1.79. The highest BCUT2D eigenvalue weighted by Gasteiger charge is 2.14. The van der Waals surface area contributed by atoms with Gasteiger partial charge in [0.2, 0.25) is 0 Å². The van der Waals surface area contributed by atoms with Gasteiger partial charge in [0.05, 0.1) is 23.0 Å². The minimum Gasteiger partial charge on any atom is -0.305 e. The minimum atomic E-state index is -0.403. The monoisotopic (exact) mass is 328 g/mol. The lowest BCUT2D eigenvalue weighted by molar-refractivity contribution is 0.0988. The Kier molecular flexibility index (Phi) is 3.84. The van der Waals surface area contributed by atoms with Crippen molar-refractivity contribution in [3.05, 3.63) is 46.3 Å². The second-order valence-electron chi connectivity index (χ2n) is 5.00. The average Bonchev–Trinajstić information content (AvgIpc) is 3.00. The van der Waals surface area contributed by atoms with Crippen LogP contribution in [-0.2, 0) is 13.6 Å². The molecule has 0 aliphatic carbocycles. The molecule has 7 heteroatoms. The first kappa shape index (κ1) is 15.2. The summed E-state index contributed by atoms with van der Waals surface area (Å²) < 4.78 is 17.3. The Balaban J connectivity index is 2.21. The molecule has 1 amide bonds. The number of halogens is 1. The molecule has 0 spiro atoms. The van der Waals surface area contributed by atoms with Crippen molar-refractivity contribution in [2.24, 2.45) is 12.0 Å². The van der Waals surface area contributed by atoms with Crippen LogP contribution < -0.4 is 4.80 Å². The number of nitrogens with zero attached hydrogens (tertiary/aromatic N) is 4. The van der Waals surface area contributed by atoms with E-state index in [9.17, 15) is 9.18 Å². The highest BCUT2D eigenvalue weighted by molar-refractivity contribution is 7.16. The van der Waals surface area contributed by atoms with E-state index in [4.69, 9.17) is 6.42 Å². The van der Waals surface area contributed by atoms with Gasteiger partial charge in [0.15, 0.2) is 4.80 Å². The number of terminal acetylenes is 1. The van der Waals surface area contributed by atoms with Crippen molar-refractivity contribution < 1.29 is 9.18 Å². The van der Waals surface area contributed by atoms with Crippen LogP contribution in [0, 0.1) is 25.1 Å². The second kappa shape index (κ2) is 5.82. The van der Waals surface area contributed by atoms with Crippen LogP contribution in [0.15, 0.2) is 29.4 Å². The van der Waals surface area contributed by atoms with Gasteiger partial charge < -0.3 is 4.57 Å². The molecule has 0 fully saturated rings. The van der Waals surface area contributed by atoms with E-state index in [1.165, 1.54) is 28.2 Å². The van der Waals surface area contributed by atoms with Crippen LogP contribution in [0.4, 0.5) is 4.39 Å². The Morgan fingerprint density at radius 2 is 2.30 bits per heavy atom. The zero-order valence-electron chi connectivity index (χ0n) is 12.6. The Bertz CT molecular complexity index is 1000. The SMILES string of the molecule is C#CCn1c(=NC(=O)c2c(C)cnn2C)sc2cc(F)ccc21. The Morgan fingerprint density at radius 3 is 2.96 bits per heavy atom. The topological polar surface area (TPSA) is 52.2 Å². The van der Waals surface area contributed by atoms with Gasteiger partial charge in [-0.15, -0.1) is 6.42 Å². The van der Waals surface area contributed by atoms with Gasteiger partial charge in [-0.05, 0) is 25.1 Å². The summed E-state index contributed by atoms with van der Waals surface area (Å²) in [6.07, 6.45) is 7.01. The minimum absolute atomic E-state index is 0.252. The van der Waals surface area contributed by atoms with Crippen molar-refractivity contribution in [1.29, 1.82) is 0 Å². The first-order valence-corrected chi connectivity index (χ1v) is 7.63. The van der Waals surface area contributed by atoms with E-state index in [-0.39, 0.29) is 12.4 Å². The predicted octanol–water partition coefficient (Wildman–Crippen LogP) is 2.26. The first-order valence-electron chi connectivity index (χ1n) is 6.81. The maximum atomic E-state index is 13.4. The van der Waals surface area contributed by atoms with Gasteiger partial charge in [-0.1, -0.05) is 17.3 Å². The van der Waals surface area contributed by atoms with Crippen LogP contribution in [0.3, 0.4) is 0 Å². The number of thiazole rings is 1. The van der Waals surface area contributed by atoms with Crippen LogP contribution >= 0.6 is 11.3 Å². The van der Waals surface area contributed by atoms with Crippen molar-refractivity contribution in [2.75, 3.05) is 0 Å². The van der Waals surface area contributed by atoms with E-state index < -0.39 is 5.91 Å². The molecule has 0 unspecified atom stereocenters. The fourth-order valence-electron chi connectivity index (χ4n) is 2.37. The number of fused-ring (bicyclic) bond motifs is 1. The zero-order chi connectivity index (χ0) is 16.6. The molecule has 0 atom stereocenters. The summed E-state index contributed by atoms with van der Waals surface area (Å²) >= 11 is 1.23. The van der Waals surface area contributed by atoms with Crippen molar-refractivity contribution >= 4 is 27.5 Å². The zero-order valence-corrected chi connectivity index (χ0v) is 13.4. The van der Waals surface area contributed by atoms with E-state index in [1.54, 1.807) is 30.8 Å². The van der Waals surface area contributed by atoms with Gasteiger partial charge in [-0.2, -0.15) is 10.1 Å². The van der Waals surface area contributed by atoms with Crippen LogP contribution in [0.25, 0.3) is 10.2 Å². The van der Waals surface area contributed by atoms with Gasteiger partial charge >= 0.3 is 0 Å². The molecule has 23 heavy (non-hydrogen) atoms.